The highest BCUT2D eigenvalue weighted by Gasteiger charge is 2.37. The van der Waals surface area contributed by atoms with Gasteiger partial charge < -0.3 is 9.64 Å². The first kappa shape index (κ1) is 17.1. The Morgan fingerprint density at radius 2 is 2.00 bits per heavy atom. The molecule has 9 nitrogen and oxygen atoms in total. The average Bonchev–Trinajstić information content (AvgIpc) is 2.54. The Morgan fingerprint density at radius 1 is 1.39 bits per heavy atom. The van der Waals surface area contributed by atoms with E-state index in [1.807, 2.05) is 0 Å². The minimum Gasteiger partial charge on any atom is -0.481 e. The number of likely N-dealkylation sites (tertiary alicyclic amines) is 1. The maximum Gasteiger partial charge on any atom is 0.306 e. The molecular weight excluding hydrogens is 326 g/mol. The molecule has 0 radical (unpaired) electrons. The van der Waals surface area contributed by atoms with Gasteiger partial charge in [0.25, 0.3) is 0 Å². The molecular formula is C13H17N3O6S. The van der Waals surface area contributed by atoms with E-state index in [2.05, 4.69) is 4.98 Å². The Kier molecular flexibility index (Phi) is 4.83. The number of sulfone groups is 1. The summed E-state index contributed by atoms with van der Waals surface area (Å²) in [4.78, 5) is 27.0. The topological polar surface area (TPSA) is 120 Å². The normalized spacial score (nSPS) is 16.2. The van der Waals surface area contributed by atoms with Gasteiger partial charge >= 0.3 is 5.69 Å². The number of carbonyl (C=O) groups excluding carboxylic acids is 1. The Morgan fingerprint density at radius 3 is 2.48 bits per heavy atom. The summed E-state index contributed by atoms with van der Waals surface area (Å²) in [5.74, 6) is -0.123. The summed E-state index contributed by atoms with van der Waals surface area (Å²) in [6.45, 7) is 2.03. The fourth-order valence-electron chi connectivity index (χ4n) is 2.52. The van der Waals surface area contributed by atoms with Crippen LogP contribution in [-0.2, 0) is 14.6 Å². The Labute approximate surface area is 133 Å². The number of ether oxygens (including phenoxy) is 1. The fraction of sp³-hybridized carbons (Fsp3) is 0.538. The molecule has 2 heterocycles. The van der Waals surface area contributed by atoms with Crippen LogP contribution in [0.15, 0.2) is 17.2 Å². The van der Waals surface area contributed by atoms with E-state index < -0.39 is 30.7 Å². The molecule has 0 atom stereocenters. The number of hydrogen-bond donors (Lipinski definition) is 0. The smallest absolute Gasteiger partial charge is 0.306 e. The number of aromatic nitrogens is 1. The predicted molar refractivity (Wildman–Crippen MR) is 79.9 cm³/mol. The summed E-state index contributed by atoms with van der Waals surface area (Å²) in [6, 6.07) is 2.32. The van der Waals surface area contributed by atoms with Crippen molar-refractivity contribution in [1.29, 1.82) is 0 Å². The summed E-state index contributed by atoms with van der Waals surface area (Å²) in [5.41, 5.74) is -0.570. The van der Waals surface area contributed by atoms with Crippen molar-refractivity contribution in [2.75, 3.05) is 20.2 Å². The van der Waals surface area contributed by atoms with E-state index in [0.29, 0.717) is 13.1 Å². The second kappa shape index (κ2) is 6.49. The van der Waals surface area contributed by atoms with Crippen LogP contribution in [0.25, 0.3) is 0 Å². The number of nitrogens with zero attached hydrogens (tertiary/aromatic N) is 3. The number of methoxy groups -OCH3 is 1. The first-order valence-corrected chi connectivity index (χ1v) is 8.51. The zero-order valence-electron chi connectivity index (χ0n) is 12.8. The van der Waals surface area contributed by atoms with Gasteiger partial charge in [-0.25, -0.2) is 8.42 Å². The highest BCUT2D eigenvalue weighted by atomic mass is 32.2. The minimum absolute atomic E-state index is 0.00431. The maximum atomic E-state index is 12.7. The molecule has 23 heavy (non-hydrogen) atoms. The Balaban J connectivity index is 2.36. The molecule has 10 heteroatoms. The van der Waals surface area contributed by atoms with Gasteiger partial charge in [-0.3, -0.25) is 14.9 Å². The lowest BCUT2D eigenvalue weighted by atomic mass is 10.1. The van der Waals surface area contributed by atoms with Gasteiger partial charge in [0.05, 0.1) is 17.3 Å². The van der Waals surface area contributed by atoms with Crippen LogP contribution in [0.5, 0.6) is 5.88 Å². The number of rotatable bonds is 4. The SMILES string of the molecule is COc1ccc([N+](=O)[O-])c(S(=O)(=O)C2CCN(C(C)=O)CC2)n1. The molecule has 0 N–H and O–H groups in total. The first-order chi connectivity index (χ1) is 10.8. The lowest BCUT2D eigenvalue weighted by Crippen LogP contribution is -2.41. The third-order valence-electron chi connectivity index (χ3n) is 3.82. The van der Waals surface area contributed by atoms with E-state index in [9.17, 15) is 23.3 Å². The van der Waals surface area contributed by atoms with Crippen molar-refractivity contribution in [3.05, 3.63) is 22.2 Å². The summed E-state index contributed by atoms with van der Waals surface area (Å²) >= 11 is 0. The van der Waals surface area contributed by atoms with E-state index in [0.717, 1.165) is 6.07 Å². The predicted octanol–water partition coefficient (Wildman–Crippen LogP) is 0.783. The van der Waals surface area contributed by atoms with Gasteiger partial charge in [0.2, 0.25) is 26.7 Å². The van der Waals surface area contributed by atoms with Crippen molar-refractivity contribution in [3.63, 3.8) is 0 Å². The molecule has 0 unspecified atom stereocenters. The van der Waals surface area contributed by atoms with Gasteiger partial charge in [-0.05, 0) is 12.8 Å². The van der Waals surface area contributed by atoms with Gasteiger partial charge in [-0.1, -0.05) is 0 Å². The molecule has 1 aromatic rings. The maximum absolute atomic E-state index is 12.7. The molecule has 1 fully saturated rings. The number of hydrogen-bond acceptors (Lipinski definition) is 7. The van der Waals surface area contributed by atoms with Gasteiger partial charge in [-0.2, -0.15) is 4.98 Å². The van der Waals surface area contributed by atoms with E-state index in [1.165, 1.54) is 20.1 Å². The minimum atomic E-state index is -3.99. The lowest BCUT2D eigenvalue weighted by Gasteiger charge is -2.30. The van der Waals surface area contributed by atoms with Crippen LogP contribution >= 0.6 is 0 Å². The van der Waals surface area contributed by atoms with Crippen LogP contribution in [0.1, 0.15) is 19.8 Å². The number of amides is 1. The van der Waals surface area contributed by atoms with E-state index in [1.54, 1.807) is 4.90 Å². The molecule has 0 saturated carbocycles. The van der Waals surface area contributed by atoms with Crippen molar-refractivity contribution in [2.45, 2.75) is 30.0 Å². The zero-order chi connectivity index (χ0) is 17.2. The molecule has 1 aliphatic rings. The first-order valence-electron chi connectivity index (χ1n) is 6.96. The summed E-state index contributed by atoms with van der Waals surface area (Å²) < 4.78 is 30.3. The molecule has 1 aliphatic heterocycles. The number of piperidine rings is 1. The van der Waals surface area contributed by atoms with Crippen molar-refractivity contribution in [2.24, 2.45) is 0 Å². The average molecular weight is 343 g/mol. The molecule has 0 bridgehead atoms. The van der Waals surface area contributed by atoms with Crippen molar-refractivity contribution >= 4 is 21.4 Å². The summed E-state index contributed by atoms with van der Waals surface area (Å²) in [5, 5.41) is 9.71. The van der Waals surface area contributed by atoms with Gasteiger partial charge in [-0.15, -0.1) is 0 Å². The number of pyridine rings is 1. The summed E-state index contributed by atoms with van der Waals surface area (Å²) in [7, 11) is -2.69. The molecule has 0 aliphatic carbocycles. The lowest BCUT2D eigenvalue weighted by molar-refractivity contribution is -0.388. The molecule has 2 rings (SSSR count). The van der Waals surface area contributed by atoms with E-state index in [-0.39, 0.29) is 24.6 Å². The molecule has 126 valence electrons. The van der Waals surface area contributed by atoms with Crippen LogP contribution in [0.2, 0.25) is 0 Å². The van der Waals surface area contributed by atoms with Crippen LogP contribution in [0, 0.1) is 10.1 Å². The van der Waals surface area contributed by atoms with Crippen LogP contribution in [0.3, 0.4) is 0 Å². The second-order valence-electron chi connectivity index (χ2n) is 5.19. The zero-order valence-corrected chi connectivity index (χ0v) is 13.6. The fourth-order valence-corrected chi connectivity index (χ4v) is 4.32. The third-order valence-corrected chi connectivity index (χ3v) is 6.00. The number of carbonyl (C=O) groups is 1. The van der Waals surface area contributed by atoms with E-state index >= 15 is 0 Å². The van der Waals surface area contributed by atoms with Crippen LogP contribution in [0.4, 0.5) is 5.69 Å². The Hall–Kier alpha value is -2.23. The molecule has 1 amide bonds. The van der Waals surface area contributed by atoms with Gasteiger partial charge in [0.15, 0.2) is 0 Å². The molecule has 0 aromatic carbocycles. The van der Waals surface area contributed by atoms with Crippen LogP contribution in [-0.4, -0.2) is 54.6 Å². The second-order valence-corrected chi connectivity index (χ2v) is 7.33. The van der Waals surface area contributed by atoms with Gasteiger partial charge in [0, 0.05) is 32.1 Å². The molecule has 0 spiro atoms. The largest absolute Gasteiger partial charge is 0.481 e. The standard InChI is InChI=1S/C13H17N3O6S/c1-9(17)15-7-5-10(6-8-15)23(20,21)13-11(16(18)19)3-4-12(14-13)22-2/h3-4,10H,5-8H2,1-2H3. The third kappa shape index (κ3) is 3.41. The number of nitro groups is 1. The van der Waals surface area contributed by atoms with Crippen molar-refractivity contribution < 1.29 is 22.9 Å². The van der Waals surface area contributed by atoms with Crippen LogP contribution < -0.4 is 4.74 Å². The summed E-state index contributed by atoms with van der Waals surface area (Å²) in [6.07, 6.45) is 0.440. The van der Waals surface area contributed by atoms with E-state index in [4.69, 9.17) is 4.74 Å². The highest BCUT2D eigenvalue weighted by molar-refractivity contribution is 7.92. The van der Waals surface area contributed by atoms with Crippen molar-refractivity contribution in [1.82, 2.24) is 9.88 Å². The highest BCUT2D eigenvalue weighted by Crippen LogP contribution is 2.31. The molecule has 1 saturated heterocycles. The monoisotopic (exact) mass is 343 g/mol. The quantitative estimate of drug-likeness (QED) is 0.585. The molecule has 1 aromatic heterocycles. The van der Waals surface area contributed by atoms with Crippen molar-refractivity contribution in [3.8, 4) is 5.88 Å². The Bertz CT molecular complexity index is 725. The van der Waals surface area contributed by atoms with Gasteiger partial charge in [0.1, 0.15) is 0 Å².